The van der Waals surface area contributed by atoms with Crippen molar-refractivity contribution in [2.45, 2.75) is 53.4 Å². The molecule has 112 valence electrons. The van der Waals surface area contributed by atoms with E-state index in [1.807, 2.05) is 13.8 Å². The van der Waals surface area contributed by atoms with Crippen LogP contribution in [0.2, 0.25) is 0 Å². The summed E-state index contributed by atoms with van der Waals surface area (Å²) in [5.41, 5.74) is 5.50. The van der Waals surface area contributed by atoms with Crippen molar-refractivity contribution in [1.29, 1.82) is 0 Å². The molecule has 0 bridgehead atoms. The SMILES string of the molecule is CC1CC(C)CN(CCCCC(C)(C)C(N)=NO)C1. The van der Waals surface area contributed by atoms with Crippen LogP contribution >= 0.6 is 0 Å². The second-order valence-electron chi connectivity index (χ2n) is 7.03. The molecule has 0 radical (unpaired) electrons. The van der Waals surface area contributed by atoms with E-state index in [4.69, 9.17) is 10.9 Å². The summed E-state index contributed by atoms with van der Waals surface area (Å²) in [4.78, 5) is 2.59. The summed E-state index contributed by atoms with van der Waals surface area (Å²) < 4.78 is 0. The normalized spacial score (nSPS) is 26.6. The zero-order valence-electron chi connectivity index (χ0n) is 13.0. The van der Waals surface area contributed by atoms with E-state index in [-0.39, 0.29) is 5.41 Å². The molecule has 1 saturated heterocycles. The molecule has 3 N–H and O–H groups in total. The second kappa shape index (κ2) is 7.13. The van der Waals surface area contributed by atoms with Gasteiger partial charge in [-0.2, -0.15) is 0 Å². The van der Waals surface area contributed by atoms with Crippen molar-refractivity contribution < 1.29 is 5.21 Å². The highest BCUT2D eigenvalue weighted by atomic mass is 16.4. The van der Waals surface area contributed by atoms with Crippen molar-refractivity contribution in [3.8, 4) is 0 Å². The Morgan fingerprint density at radius 3 is 2.37 bits per heavy atom. The minimum absolute atomic E-state index is 0.197. The molecule has 2 unspecified atom stereocenters. The first-order chi connectivity index (χ1) is 8.85. The number of oxime groups is 1. The average Bonchev–Trinajstić information content (AvgIpc) is 2.32. The first-order valence-corrected chi connectivity index (χ1v) is 7.55. The summed E-state index contributed by atoms with van der Waals surface area (Å²) in [6, 6.07) is 0. The number of rotatable bonds is 6. The average molecular weight is 269 g/mol. The van der Waals surface area contributed by atoms with Crippen LogP contribution in [0.1, 0.15) is 53.4 Å². The van der Waals surface area contributed by atoms with Crippen molar-refractivity contribution in [3.63, 3.8) is 0 Å². The van der Waals surface area contributed by atoms with Gasteiger partial charge in [-0.1, -0.05) is 39.3 Å². The Kier molecular flexibility index (Phi) is 6.11. The lowest BCUT2D eigenvalue weighted by molar-refractivity contribution is 0.138. The summed E-state index contributed by atoms with van der Waals surface area (Å²) in [7, 11) is 0. The van der Waals surface area contributed by atoms with Crippen LogP contribution in [0.4, 0.5) is 0 Å². The molecule has 0 spiro atoms. The molecular weight excluding hydrogens is 238 g/mol. The highest BCUT2D eigenvalue weighted by molar-refractivity contribution is 5.85. The molecule has 2 atom stereocenters. The van der Waals surface area contributed by atoms with Crippen LogP contribution in [0.25, 0.3) is 0 Å². The van der Waals surface area contributed by atoms with E-state index in [0.29, 0.717) is 5.84 Å². The lowest BCUT2D eigenvalue weighted by Gasteiger charge is -2.35. The first kappa shape index (κ1) is 16.3. The van der Waals surface area contributed by atoms with E-state index in [1.54, 1.807) is 0 Å². The third-order valence-electron chi connectivity index (χ3n) is 4.27. The number of nitrogens with zero attached hydrogens (tertiary/aromatic N) is 2. The smallest absolute Gasteiger partial charge is 0.144 e. The maximum atomic E-state index is 8.74. The summed E-state index contributed by atoms with van der Waals surface area (Å²) in [6.07, 6.45) is 4.67. The molecule has 1 rings (SSSR count). The summed E-state index contributed by atoms with van der Waals surface area (Å²) in [6.45, 7) is 12.4. The molecule has 1 aliphatic heterocycles. The van der Waals surface area contributed by atoms with Gasteiger partial charge in [0.05, 0.1) is 0 Å². The fraction of sp³-hybridized carbons (Fsp3) is 0.933. The molecule has 19 heavy (non-hydrogen) atoms. The molecule has 1 heterocycles. The molecule has 4 nitrogen and oxygen atoms in total. The van der Waals surface area contributed by atoms with Crippen LogP contribution in [0.15, 0.2) is 5.16 Å². The second-order valence-corrected chi connectivity index (χ2v) is 7.03. The Labute approximate surface area is 118 Å². The first-order valence-electron chi connectivity index (χ1n) is 7.55. The third kappa shape index (κ3) is 5.39. The molecule has 0 aromatic carbocycles. The molecule has 1 aliphatic rings. The predicted molar refractivity (Wildman–Crippen MR) is 80.4 cm³/mol. The van der Waals surface area contributed by atoms with Gasteiger partial charge < -0.3 is 15.8 Å². The summed E-state index contributed by atoms with van der Waals surface area (Å²) >= 11 is 0. The van der Waals surface area contributed by atoms with Crippen LogP contribution in [0.5, 0.6) is 0 Å². The number of hydrogen-bond acceptors (Lipinski definition) is 3. The molecule has 0 amide bonds. The van der Waals surface area contributed by atoms with Gasteiger partial charge in [0.2, 0.25) is 0 Å². The lowest BCUT2D eigenvalue weighted by Crippen LogP contribution is -2.39. The molecule has 0 aromatic rings. The van der Waals surface area contributed by atoms with Gasteiger partial charge in [0.25, 0.3) is 0 Å². The highest BCUT2D eigenvalue weighted by Crippen LogP contribution is 2.25. The predicted octanol–water partition coefficient (Wildman–Crippen LogP) is 2.91. The van der Waals surface area contributed by atoms with Gasteiger partial charge >= 0.3 is 0 Å². The fourth-order valence-electron chi connectivity index (χ4n) is 3.14. The largest absolute Gasteiger partial charge is 0.409 e. The van der Waals surface area contributed by atoms with Crippen molar-refractivity contribution >= 4 is 5.84 Å². The maximum Gasteiger partial charge on any atom is 0.144 e. The molecule has 1 fully saturated rings. The number of likely N-dealkylation sites (tertiary alicyclic amines) is 1. The molecule has 0 aliphatic carbocycles. The topological polar surface area (TPSA) is 61.8 Å². The quantitative estimate of drug-likeness (QED) is 0.256. The van der Waals surface area contributed by atoms with E-state index in [2.05, 4.69) is 23.9 Å². The standard InChI is InChI=1S/C15H31N3O/c1-12-9-13(2)11-18(10-12)8-6-5-7-15(3,4)14(16)17-19/h12-13,19H,5-11H2,1-4H3,(H2,16,17). The summed E-state index contributed by atoms with van der Waals surface area (Å²) in [5.74, 6) is 2.00. The minimum Gasteiger partial charge on any atom is -0.409 e. The van der Waals surface area contributed by atoms with Crippen molar-refractivity contribution in [2.24, 2.45) is 28.1 Å². The number of amidine groups is 1. The Hall–Kier alpha value is -0.770. The number of hydrogen-bond donors (Lipinski definition) is 2. The van der Waals surface area contributed by atoms with E-state index >= 15 is 0 Å². The monoisotopic (exact) mass is 269 g/mol. The third-order valence-corrected chi connectivity index (χ3v) is 4.27. The van der Waals surface area contributed by atoms with Crippen LogP contribution < -0.4 is 5.73 Å². The minimum atomic E-state index is -0.197. The fourth-order valence-corrected chi connectivity index (χ4v) is 3.14. The van der Waals surface area contributed by atoms with Crippen molar-refractivity contribution in [1.82, 2.24) is 4.90 Å². The van der Waals surface area contributed by atoms with Gasteiger partial charge in [0.1, 0.15) is 5.84 Å². The lowest BCUT2D eigenvalue weighted by atomic mass is 9.86. The van der Waals surface area contributed by atoms with Gasteiger partial charge in [-0.05, 0) is 37.6 Å². The van der Waals surface area contributed by atoms with E-state index in [0.717, 1.165) is 24.7 Å². The van der Waals surface area contributed by atoms with Gasteiger partial charge in [0.15, 0.2) is 0 Å². The van der Waals surface area contributed by atoms with E-state index in [9.17, 15) is 0 Å². The van der Waals surface area contributed by atoms with Crippen molar-refractivity contribution in [3.05, 3.63) is 0 Å². The Morgan fingerprint density at radius 2 is 1.84 bits per heavy atom. The molecule has 0 aromatic heterocycles. The Bertz CT molecular complexity index is 292. The van der Waals surface area contributed by atoms with Gasteiger partial charge in [-0.25, -0.2) is 0 Å². The summed E-state index contributed by atoms with van der Waals surface area (Å²) in [5, 5.41) is 11.9. The van der Waals surface area contributed by atoms with Gasteiger partial charge in [-0.3, -0.25) is 0 Å². The van der Waals surface area contributed by atoms with E-state index in [1.165, 1.54) is 32.5 Å². The molecular formula is C15H31N3O. The number of piperidine rings is 1. The Balaban J connectivity index is 2.24. The van der Waals surface area contributed by atoms with Crippen molar-refractivity contribution in [2.75, 3.05) is 19.6 Å². The van der Waals surface area contributed by atoms with Crippen LogP contribution in [-0.2, 0) is 0 Å². The van der Waals surface area contributed by atoms with E-state index < -0.39 is 0 Å². The maximum absolute atomic E-state index is 8.74. The van der Waals surface area contributed by atoms with Crippen LogP contribution in [0.3, 0.4) is 0 Å². The van der Waals surface area contributed by atoms with Gasteiger partial charge in [0, 0.05) is 18.5 Å². The number of nitrogens with two attached hydrogens (primary N) is 1. The highest BCUT2D eigenvalue weighted by Gasteiger charge is 2.24. The Morgan fingerprint density at radius 1 is 1.26 bits per heavy atom. The zero-order valence-corrected chi connectivity index (χ0v) is 13.0. The zero-order chi connectivity index (χ0) is 14.5. The van der Waals surface area contributed by atoms with Crippen LogP contribution in [-0.4, -0.2) is 35.6 Å². The van der Waals surface area contributed by atoms with Crippen LogP contribution in [0, 0.1) is 17.3 Å². The molecule has 0 saturated carbocycles. The molecule has 4 heteroatoms. The van der Waals surface area contributed by atoms with Gasteiger partial charge in [-0.15, -0.1) is 0 Å². The number of unbranched alkanes of at least 4 members (excludes halogenated alkanes) is 1.